The number of aryl methyl sites for hydroxylation is 1. The topological polar surface area (TPSA) is 211 Å². The summed E-state index contributed by atoms with van der Waals surface area (Å²) in [5.74, 6) is -9.63. The second-order valence-corrected chi connectivity index (χ2v) is 12.4. The molecule has 0 aliphatic heterocycles. The van der Waals surface area contributed by atoms with E-state index in [1.54, 1.807) is 19.1 Å². The van der Waals surface area contributed by atoms with E-state index in [0.29, 0.717) is 11.1 Å². The highest BCUT2D eigenvalue weighted by molar-refractivity contribution is 6.24. The van der Waals surface area contributed by atoms with Gasteiger partial charge in [0, 0.05) is 23.5 Å². The van der Waals surface area contributed by atoms with Crippen LogP contribution >= 0.6 is 0 Å². The molecule has 222 valence electrons. The zero-order valence-electron chi connectivity index (χ0n) is 23.8. The normalized spacial score (nSPS) is 29.7. The van der Waals surface area contributed by atoms with Gasteiger partial charge in [-0.1, -0.05) is 19.1 Å². The van der Waals surface area contributed by atoms with Crippen molar-refractivity contribution in [3.8, 4) is 5.75 Å². The van der Waals surface area contributed by atoms with Gasteiger partial charge in [0.2, 0.25) is 11.7 Å². The molecule has 0 bridgehead atoms. The van der Waals surface area contributed by atoms with Gasteiger partial charge in [-0.3, -0.25) is 24.1 Å². The van der Waals surface area contributed by atoms with Gasteiger partial charge in [-0.05, 0) is 58.3 Å². The number of carbonyl (C=O) groups excluding carboxylic acids is 4. The molecule has 3 aliphatic carbocycles. The van der Waals surface area contributed by atoms with Gasteiger partial charge in [0.15, 0.2) is 11.4 Å². The van der Waals surface area contributed by atoms with Crippen LogP contribution in [-0.2, 0) is 25.6 Å². The SMILES string of the molecule is C[C@H]1c2ccc(CCC(=O)NC(C)(C)C)c(O)c2C(O)=C2C(=O)[C@]3(O)C(O)=C(C(N)=O)C(=O)[C@@H](N(C)C)[C@@H]3[C@@H](O)[C@@H]21. The molecule has 3 aliphatic rings. The summed E-state index contributed by atoms with van der Waals surface area (Å²) in [7, 11) is 2.90. The zero-order chi connectivity index (χ0) is 30.9. The Kier molecular flexibility index (Phi) is 7.35. The molecule has 0 unspecified atom stereocenters. The number of hydrogen-bond donors (Lipinski definition) is 7. The van der Waals surface area contributed by atoms with Crippen LogP contribution < -0.4 is 11.1 Å². The molecule has 12 nitrogen and oxygen atoms in total. The Morgan fingerprint density at radius 1 is 1.12 bits per heavy atom. The van der Waals surface area contributed by atoms with Gasteiger partial charge in [0.1, 0.15) is 22.8 Å². The third-order valence-electron chi connectivity index (χ3n) is 8.35. The van der Waals surface area contributed by atoms with Crippen molar-refractivity contribution in [2.75, 3.05) is 14.1 Å². The van der Waals surface area contributed by atoms with Crippen LogP contribution in [0.4, 0.5) is 0 Å². The third kappa shape index (κ3) is 4.50. The number of aromatic hydroxyl groups is 1. The molecular weight excluding hydrogens is 534 g/mol. The van der Waals surface area contributed by atoms with E-state index < -0.39 is 81.2 Å². The number of carbonyl (C=O) groups is 4. The Balaban J connectivity index is 1.87. The fourth-order valence-corrected chi connectivity index (χ4v) is 6.59. The van der Waals surface area contributed by atoms with Crippen molar-refractivity contribution in [1.82, 2.24) is 10.2 Å². The Morgan fingerprint density at radius 2 is 1.73 bits per heavy atom. The van der Waals surface area contributed by atoms with E-state index in [1.165, 1.54) is 19.0 Å². The highest BCUT2D eigenvalue weighted by atomic mass is 16.4. The smallest absolute Gasteiger partial charge is 0.255 e. The Labute approximate surface area is 237 Å². The first-order valence-corrected chi connectivity index (χ1v) is 13.3. The number of primary amides is 1. The summed E-state index contributed by atoms with van der Waals surface area (Å²) in [6.07, 6.45) is -1.51. The molecule has 41 heavy (non-hydrogen) atoms. The van der Waals surface area contributed by atoms with Crippen molar-refractivity contribution >= 4 is 29.1 Å². The van der Waals surface area contributed by atoms with E-state index in [2.05, 4.69) is 5.32 Å². The molecule has 1 aromatic carbocycles. The van der Waals surface area contributed by atoms with Gasteiger partial charge in [-0.2, -0.15) is 0 Å². The first kappa shape index (κ1) is 30.2. The molecule has 1 saturated carbocycles. The van der Waals surface area contributed by atoms with Crippen molar-refractivity contribution in [3.05, 3.63) is 45.7 Å². The molecule has 2 amide bonds. The molecule has 0 heterocycles. The van der Waals surface area contributed by atoms with E-state index in [0.717, 1.165) is 0 Å². The van der Waals surface area contributed by atoms with Crippen LogP contribution in [0.5, 0.6) is 5.75 Å². The summed E-state index contributed by atoms with van der Waals surface area (Å²) in [4.78, 5) is 53.1. The third-order valence-corrected chi connectivity index (χ3v) is 8.35. The highest BCUT2D eigenvalue weighted by Gasteiger charge is 2.68. The number of nitrogens with zero attached hydrogens (tertiary/aromatic N) is 1. The summed E-state index contributed by atoms with van der Waals surface area (Å²) < 4.78 is 0. The predicted molar refractivity (Wildman–Crippen MR) is 147 cm³/mol. The fourth-order valence-electron chi connectivity index (χ4n) is 6.59. The van der Waals surface area contributed by atoms with Crippen LogP contribution in [0.15, 0.2) is 29.0 Å². The standard InChI is InChI=1S/C29H37N3O9/c1-11-13-9-7-12(8-10-14(33)31-28(2,3)4)21(34)16(13)22(35)17-15(11)23(36)19-20(32(5)6)24(37)18(27(30)40)26(39)29(19,41)25(17)38/h7,9,11,15,19-20,23,34-36,39,41H,8,10H2,1-6H3,(H2,30,40)(H,31,33)/t11-,15+,19+,20-,23-,29-/m0/s1. The summed E-state index contributed by atoms with van der Waals surface area (Å²) in [6.45, 7) is 7.16. The van der Waals surface area contributed by atoms with Gasteiger partial charge in [-0.15, -0.1) is 0 Å². The predicted octanol–water partition coefficient (Wildman–Crippen LogP) is 0.343. The monoisotopic (exact) mass is 571 g/mol. The number of aliphatic hydroxyl groups excluding tert-OH is 3. The number of nitrogens with two attached hydrogens (primary N) is 1. The van der Waals surface area contributed by atoms with E-state index in [1.807, 2.05) is 20.8 Å². The molecule has 8 N–H and O–H groups in total. The Morgan fingerprint density at radius 3 is 2.27 bits per heavy atom. The largest absolute Gasteiger partial charge is 0.508 e. The number of nitrogens with one attached hydrogen (secondary N) is 1. The Bertz CT molecular complexity index is 1420. The van der Waals surface area contributed by atoms with E-state index in [-0.39, 0.29) is 30.1 Å². The average Bonchev–Trinajstić information content (AvgIpc) is 2.84. The minimum Gasteiger partial charge on any atom is -0.508 e. The van der Waals surface area contributed by atoms with Crippen LogP contribution in [0, 0.1) is 11.8 Å². The maximum Gasteiger partial charge on any atom is 0.255 e. The Hall–Kier alpha value is -3.74. The number of likely N-dealkylation sites (N-methyl/N-ethyl adjacent to an activating group) is 1. The van der Waals surface area contributed by atoms with Crippen molar-refractivity contribution in [3.63, 3.8) is 0 Å². The van der Waals surface area contributed by atoms with Crippen molar-refractivity contribution in [2.24, 2.45) is 17.6 Å². The second kappa shape index (κ2) is 9.97. The lowest BCUT2D eigenvalue weighted by Crippen LogP contribution is -2.70. The molecule has 4 rings (SSSR count). The van der Waals surface area contributed by atoms with Gasteiger partial charge in [0.25, 0.3) is 5.91 Å². The van der Waals surface area contributed by atoms with Crippen LogP contribution in [0.25, 0.3) is 5.76 Å². The molecule has 1 aromatic rings. The van der Waals surface area contributed by atoms with Crippen LogP contribution in [0.3, 0.4) is 0 Å². The summed E-state index contributed by atoms with van der Waals surface area (Å²) in [5, 5.41) is 59.8. The van der Waals surface area contributed by atoms with Crippen LogP contribution in [0.1, 0.15) is 56.7 Å². The molecule has 0 saturated heterocycles. The van der Waals surface area contributed by atoms with Gasteiger partial charge >= 0.3 is 0 Å². The van der Waals surface area contributed by atoms with E-state index in [9.17, 15) is 44.7 Å². The number of rotatable bonds is 5. The zero-order valence-corrected chi connectivity index (χ0v) is 23.8. The number of phenolic OH excluding ortho intramolecular Hbond substituents is 1. The molecule has 6 atom stereocenters. The number of amides is 2. The first-order chi connectivity index (χ1) is 18.9. The highest BCUT2D eigenvalue weighted by Crippen LogP contribution is 2.56. The maximum atomic E-state index is 14.0. The molecule has 0 radical (unpaired) electrons. The van der Waals surface area contributed by atoms with Crippen molar-refractivity contribution in [1.29, 1.82) is 0 Å². The van der Waals surface area contributed by atoms with Crippen LogP contribution in [-0.4, -0.2) is 91.2 Å². The minimum atomic E-state index is -2.97. The fraction of sp³-hybridized carbons (Fsp3) is 0.517. The molecular formula is C29H37N3O9. The number of hydrogen-bond acceptors (Lipinski definition) is 10. The van der Waals surface area contributed by atoms with E-state index >= 15 is 0 Å². The van der Waals surface area contributed by atoms with Gasteiger partial charge in [0.05, 0.1) is 23.6 Å². The lowest BCUT2D eigenvalue weighted by Gasteiger charge is -2.53. The van der Waals surface area contributed by atoms with Gasteiger partial charge in [-0.25, -0.2) is 0 Å². The molecule has 12 heteroatoms. The lowest BCUT2D eigenvalue weighted by molar-refractivity contribution is -0.169. The van der Waals surface area contributed by atoms with Gasteiger partial charge < -0.3 is 36.6 Å². The summed E-state index contributed by atoms with van der Waals surface area (Å²) in [6, 6.07) is 1.81. The second-order valence-electron chi connectivity index (χ2n) is 12.4. The number of Topliss-reactive ketones (excluding diaryl/α,β-unsaturated/α-hetero) is 2. The average molecular weight is 572 g/mol. The maximum absolute atomic E-state index is 14.0. The van der Waals surface area contributed by atoms with Crippen molar-refractivity contribution in [2.45, 2.75) is 69.7 Å². The molecule has 0 aromatic heterocycles. The summed E-state index contributed by atoms with van der Waals surface area (Å²) in [5.41, 5.74) is 1.10. The number of ketones is 2. The van der Waals surface area contributed by atoms with Crippen LogP contribution in [0.2, 0.25) is 0 Å². The quantitative estimate of drug-likeness (QED) is 0.241. The summed E-state index contributed by atoms with van der Waals surface area (Å²) >= 11 is 0. The number of benzene rings is 1. The number of phenols is 1. The first-order valence-electron chi connectivity index (χ1n) is 13.3. The molecule has 0 spiro atoms. The van der Waals surface area contributed by atoms with Crippen molar-refractivity contribution < 1.29 is 44.7 Å². The number of aliphatic hydroxyl groups is 4. The molecule has 1 fully saturated rings. The minimum absolute atomic E-state index is 0.0344. The lowest BCUT2D eigenvalue weighted by atomic mass is 9.54. The number of fused-ring (bicyclic) bond motifs is 3. The van der Waals surface area contributed by atoms with E-state index in [4.69, 9.17) is 5.73 Å².